The van der Waals surface area contributed by atoms with Crippen LogP contribution >= 0.6 is 0 Å². The van der Waals surface area contributed by atoms with Crippen molar-refractivity contribution in [2.24, 2.45) is 5.41 Å². The first-order valence-corrected chi connectivity index (χ1v) is 8.26. The second kappa shape index (κ2) is 12.9. The number of hydrogen-bond donors (Lipinski definition) is 1. The fraction of sp³-hybridized carbons (Fsp3) is 1.00. The van der Waals surface area contributed by atoms with Gasteiger partial charge in [-0.15, -0.1) is 0 Å². The number of hydrogen-bond acceptors (Lipinski definition) is 2. The van der Waals surface area contributed by atoms with Gasteiger partial charge in [0.05, 0.1) is 6.61 Å². The fourth-order valence-electron chi connectivity index (χ4n) is 2.27. The van der Waals surface area contributed by atoms with Gasteiger partial charge in [0.25, 0.3) is 0 Å². The van der Waals surface area contributed by atoms with Crippen molar-refractivity contribution in [1.29, 1.82) is 0 Å². The summed E-state index contributed by atoms with van der Waals surface area (Å²) in [5.74, 6) is 0. The standard InChI is InChI=1S/C17H37NO/c1-17(2,3)13-11-9-7-5-6-8-10-12-14-18-15-16-19-4/h18H,5-16H2,1-4H3. The molecule has 0 aliphatic heterocycles. The highest BCUT2D eigenvalue weighted by molar-refractivity contribution is 4.61. The van der Waals surface area contributed by atoms with Crippen LogP contribution in [-0.2, 0) is 4.74 Å². The van der Waals surface area contributed by atoms with Crippen LogP contribution in [0.4, 0.5) is 0 Å². The molecule has 0 bridgehead atoms. The lowest BCUT2D eigenvalue weighted by Gasteiger charge is -2.17. The summed E-state index contributed by atoms with van der Waals surface area (Å²) in [6.45, 7) is 9.99. The molecule has 1 N–H and O–H groups in total. The van der Waals surface area contributed by atoms with Gasteiger partial charge in [-0.05, 0) is 24.8 Å². The molecular formula is C17H37NO. The average Bonchev–Trinajstić information content (AvgIpc) is 2.34. The fourth-order valence-corrected chi connectivity index (χ4v) is 2.27. The smallest absolute Gasteiger partial charge is 0.0587 e. The van der Waals surface area contributed by atoms with E-state index in [2.05, 4.69) is 26.1 Å². The Balaban J connectivity index is 2.99. The quantitative estimate of drug-likeness (QED) is 0.487. The normalized spacial score (nSPS) is 12.0. The monoisotopic (exact) mass is 271 g/mol. The van der Waals surface area contributed by atoms with Crippen LogP contribution in [-0.4, -0.2) is 26.8 Å². The van der Waals surface area contributed by atoms with Crippen LogP contribution in [0.2, 0.25) is 0 Å². The van der Waals surface area contributed by atoms with Gasteiger partial charge >= 0.3 is 0 Å². The van der Waals surface area contributed by atoms with E-state index in [9.17, 15) is 0 Å². The third-order valence-electron chi connectivity index (χ3n) is 3.51. The van der Waals surface area contributed by atoms with Crippen LogP contribution in [0.1, 0.15) is 78.6 Å². The third kappa shape index (κ3) is 17.9. The van der Waals surface area contributed by atoms with E-state index in [0.717, 1.165) is 19.7 Å². The maximum absolute atomic E-state index is 4.99. The Morgan fingerprint density at radius 3 is 1.79 bits per heavy atom. The molecule has 0 saturated carbocycles. The number of nitrogens with one attached hydrogen (secondary N) is 1. The molecule has 2 heteroatoms. The maximum atomic E-state index is 4.99. The first-order chi connectivity index (χ1) is 9.06. The molecule has 116 valence electrons. The molecular weight excluding hydrogens is 234 g/mol. The zero-order chi connectivity index (χ0) is 14.4. The number of ether oxygens (including phenoxy) is 1. The third-order valence-corrected chi connectivity index (χ3v) is 3.51. The van der Waals surface area contributed by atoms with Gasteiger partial charge in [0.1, 0.15) is 0 Å². The lowest BCUT2D eigenvalue weighted by Crippen LogP contribution is -2.20. The van der Waals surface area contributed by atoms with Gasteiger partial charge < -0.3 is 10.1 Å². The van der Waals surface area contributed by atoms with E-state index in [0.29, 0.717) is 5.41 Å². The van der Waals surface area contributed by atoms with Crippen LogP contribution in [0.3, 0.4) is 0 Å². The minimum Gasteiger partial charge on any atom is -0.383 e. The SMILES string of the molecule is COCCNCCCCCCCCCCC(C)(C)C. The molecule has 0 fully saturated rings. The molecule has 0 saturated heterocycles. The Bertz CT molecular complexity index is 175. The second-order valence-corrected chi connectivity index (χ2v) is 6.88. The largest absolute Gasteiger partial charge is 0.383 e. The highest BCUT2D eigenvalue weighted by Gasteiger charge is 2.08. The van der Waals surface area contributed by atoms with E-state index in [1.165, 1.54) is 57.8 Å². The Hall–Kier alpha value is -0.0800. The number of unbranched alkanes of at least 4 members (excludes halogenated alkanes) is 7. The van der Waals surface area contributed by atoms with E-state index >= 15 is 0 Å². The molecule has 0 aromatic rings. The molecule has 0 unspecified atom stereocenters. The number of rotatable bonds is 13. The summed E-state index contributed by atoms with van der Waals surface area (Å²) in [5.41, 5.74) is 0.524. The predicted octanol–water partition coefficient (Wildman–Crippen LogP) is 4.78. The zero-order valence-electron chi connectivity index (χ0n) is 13.9. The van der Waals surface area contributed by atoms with E-state index in [-0.39, 0.29) is 0 Å². The molecule has 2 nitrogen and oxygen atoms in total. The van der Waals surface area contributed by atoms with Crippen molar-refractivity contribution in [3.8, 4) is 0 Å². The summed E-state index contributed by atoms with van der Waals surface area (Å²) >= 11 is 0. The molecule has 0 spiro atoms. The lowest BCUT2D eigenvalue weighted by atomic mass is 9.89. The summed E-state index contributed by atoms with van der Waals surface area (Å²) in [5, 5.41) is 3.39. The molecule has 0 amide bonds. The van der Waals surface area contributed by atoms with Crippen molar-refractivity contribution >= 4 is 0 Å². The van der Waals surface area contributed by atoms with Crippen molar-refractivity contribution in [1.82, 2.24) is 5.32 Å². The summed E-state index contributed by atoms with van der Waals surface area (Å²) in [6.07, 6.45) is 12.6. The summed E-state index contributed by atoms with van der Waals surface area (Å²) < 4.78 is 4.99. The number of methoxy groups -OCH3 is 1. The van der Waals surface area contributed by atoms with Crippen molar-refractivity contribution in [3.05, 3.63) is 0 Å². The molecule has 0 rings (SSSR count). The van der Waals surface area contributed by atoms with Gasteiger partial charge in [-0.2, -0.15) is 0 Å². The van der Waals surface area contributed by atoms with Gasteiger partial charge in [-0.3, -0.25) is 0 Å². The molecule has 0 aliphatic rings. The average molecular weight is 271 g/mol. The van der Waals surface area contributed by atoms with E-state index in [1.54, 1.807) is 7.11 Å². The van der Waals surface area contributed by atoms with Crippen LogP contribution in [0.5, 0.6) is 0 Å². The van der Waals surface area contributed by atoms with Crippen LogP contribution in [0.15, 0.2) is 0 Å². The van der Waals surface area contributed by atoms with Gasteiger partial charge in [-0.25, -0.2) is 0 Å². The Labute approximate surface area is 121 Å². The van der Waals surface area contributed by atoms with Gasteiger partial charge in [0, 0.05) is 13.7 Å². The topological polar surface area (TPSA) is 21.3 Å². The summed E-state index contributed by atoms with van der Waals surface area (Å²) in [4.78, 5) is 0. The lowest BCUT2D eigenvalue weighted by molar-refractivity contribution is 0.199. The van der Waals surface area contributed by atoms with Crippen molar-refractivity contribution in [2.75, 3.05) is 26.8 Å². The second-order valence-electron chi connectivity index (χ2n) is 6.88. The Morgan fingerprint density at radius 2 is 1.26 bits per heavy atom. The van der Waals surface area contributed by atoms with E-state index in [1.807, 2.05) is 0 Å². The van der Waals surface area contributed by atoms with Crippen LogP contribution < -0.4 is 5.32 Å². The molecule has 0 aromatic heterocycles. The van der Waals surface area contributed by atoms with Crippen molar-refractivity contribution in [3.63, 3.8) is 0 Å². The molecule has 0 aromatic carbocycles. The highest BCUT2D eigenvalue weighted by Crippen LogP contribution is 2.22. The van der Waals surface area contributed by atoms with Gasteiger partial charge in [0.2, 0.25) is 0 Å². The molecule has 0 radical (unpaired) electrons. The zero-order valence-corrected chi connectivity index (χ0v) is 13.9. The molecule has 0 atom stereocenters. The maximum Gasteiger partial charge on any atom is 0.0587 e. The van der Waals surface area contributed by atoms with Crippen molar-refractivity contribution < 1.29 is 4.74 Å². The molecule has 19 heavy (non-hydrogen) atoms. The highest BCUT2D eigenvalue weighted by atomic mass is 16.5. The van der Waals surface area contributed by atoms with Crippen LogP contribution in [0.25, 0.3) is 0 Å². The summed E-state index contributed by atoms with van der Waals surface area (Å²) in [6, 6.07) is 0. The van der Waals surface area contributed by atoms with Crippen LogP contribution in [0, 0.1) is 5.41 Å². The minimum absolute atomic E-state index is 0.524. The molecule has 0 heterocycles. The Kier molecular flexibility index (Phi) is 12.9. The van der Waals surface area contributed by atoms with Crippen molar-refractivity contribution in [2.45, 2.75) is 78.6 Å². The predicted molar refractivity (Wildman–Crippen MR) is 85.8 cm³/mol. The van der Waals surface area contributed by atoms with Gasteiger partial charge in [0.15, 0.2) is 0 Å². The first-order valence-electron chi connectivity index (χ1n) is 8.26. The van der Waals surface area contributed by atoms with Gasteiger partial charge in [-0.1, -0.05) is 65.7 Å². The minimum atomic E-state index is 0.524. The first kappa shape index (κ1) is 18.9. The van der Waals surface area contributed by atoms with E-state index in [4.69, 9.17) is 4.74 Å². The van der Waals surface area contributed by atoms with E-state index < -0.39 is 0 Å². The molecule has 0 aliphatic carbocycles. The summed E-state index contributed by atoms with van der Waals surface area (Å²) in [7, 11) is 1.75. The Morgan fingerprint density at radius 1 is 0.737 bits per heavy atom.